The third-order valence-corrected chi connectivity index (χ3v) is 2.98. The third-order valence-electron chi connectivity index (χ3n) is 2.00. The molecule has 70 valence electrons. The van der Waals surface area contributed by atoms with Crippen molar-refractivity contribution in [1.29, 1.82) is 0 Å². The van der Waals surface area contributed by atoms with Crippen LogP contribution in [0.4, 0.5) is 0 Å². The van der Waals surface area contributed by atoms with Gasteiger partial charge in [0.1, 0.15) is 4.90 Å². The Morgan fingerprint density at radius 1 is 1.54 bits per heavy atom. The molecule has 1 aliphatic heterocycles. The number of hydrogen-bond acceptors (Lipinski definition) is 3. The summed E-state index contributed by atoms with van der Waals surface area (Å²) in [7, 11) is -3.59. The molecule has 0 fully saturated rings. The minimum absolute atomic E-state index is 0.189. The van der Waals surface area contributed by atoms with Crippen LogP contribution in [0.2, 0.25) is 0 Å². The molecule has 1 aliphatic rings. The number of aliphatic imine (C=N–C) groups is 1. The molecule has 0 spiro atoms. The zero-order chi connectivity index (χ0) is 9.47. The van der Waals surface area contributed by atoms with Gasteiger partial charge in [-0.3, -0.25) is 4.99 Å². The number of nitrogens with one attached hydrogen (secondary N) is 1. The highest BCUT2D eigenvalue weighted by molar-refractivity contribution is 7.89. The Bertz CT molecular complexity index is 458. The maximum absolute atomic E-state index is 11.1. The number of nitrogens with zero attached hydrogens (tertiary/aromatic N) is 1. The molecule has 2 heterocycles. The van der Waals surface area contributed by atoms with Crippen LogP contribution in [0, 0.1) is 0 Å². The molecular weight excluding hydrogens is 190 g/mol. The van der Waals surface area contributed by atoms with Gasteiger partial charge in [0.15, 0.2) is 0 Å². The quantitative estimate of drug-likeness (QED) is 0.646. The van der Waals surface area contributed by atoms with Crippen LogP contribution >= 0.6 is 0 Å². The van der Waals surface area contributed by atoms with E-state index in [2.05, 4.69) is 9.98 Å². The van der Waals surface area contributed by atoms with E-state index in [1.807, 2.05) is 0 Å². The third kappa shape index (κ3) is 1.38. The first-order chi connectivity index (χ1) is 6.09. The lowest BCUT2D eigenvalue weighted by molar-refractivity contribution is 0.597. The highest BCUT2D eigenvalue weighted by Gasteiger charge is 2.19. The normalized spacial score (nSPS) is 15.8. The molecule has 0 unspecified atom stereocenters. The number of hydrogen-bond donors (Lipinski definition) is 2. The maximum Gasteiger partial charge on any atom is 0.239 e. The van der Waals surface area contributed by atoms with Gasteiger partial charge in [-0.1, -0.05) is 0 Å². The molecule has 0 atom stereocenters. The molecule has 1 aromatic rings. The van der Waals surface area contributed by atoms with Crippen LogP contribution in [0.3, 0.4) is 0 Å². The molecule has 5 nitrogen and oxygen atoms in total. The number of aromatic amines is 1. The fourth-order valence-corrected chi connectivity index (χ4v) is 2.19. The molecular formula is C7H9N3O2S. The Kier molecular flexibility index (Phi) is 1.74. The molecule has 6 heteroatoms. The van der Waals surface area contributed by atoms with Crippen molar-refractivity contribution in [3.63, 3.8) is 0 Å². The fraction of sp³-hybridized carbons (Fsp3) is 0.286. The number of fused-ring (bicyclic) bond motifs is 1. The van der Waals surface area contributed by atoms with E-state index in [4.69, 9.17) is 5.14 Å². The summed E-state index contributed by atoms with van der Waals surface area (Å²) in [4.78, 5) is 7.03. The molecule has 2 rings (SSSR count). The minimum atomic E-state index is -3.59. The number of primary sulfonamides is 1. The summed E-state index contributed by atoms with van der Waals surface area (Å²) >= 11 is 0. The maximum atomic E-state index is 11.1. The van der Waals surface area contributed by atoms with Crippen molar-refractivity contribution in [3.05, 3.63) is 17.5 Å². The molecule has 0 aromatic carbocycles. The van der Waals surface area contributed by atoms with Gasteiger partial charge in [0.2, 0.25) is 10.0 Å². The van der Waals surface area contributed by atoms with Crippen LogP contribution in [0.15, 0.2) is 16.1 Å². The van der Waals surface area contributed by atoms with Gasteiger partial charge in [-0.15, -0.1) is 0 Å². The van der Waals surface area contributed by atoms with Crippen LogP contribution in [-0.2, 0) is 16.4 Å². The zero-order valence-electron chi connectivity index (χ0n) is 6.82. The van der Waals surface area contributed by atoms with E-state index in [1.54, 1.807) is 6.21 Å². The van der Waals surface area contributed by atoms with Crippen molar-refractivity contribution in [2.24, 2.45) is 10.1 Å². The fourth-order valence-electron chi connectivity index (χ4n) is 1.41. The monoisotopic (exact) mass is 199 g/mol. The van der Waals surface area contributed by atoms with Crippen molar-refractivity contribution in [1.82, 2.24) is 4.98 Å². The van der Waals surface area contributed by atoms with Crippen molar-refractivity contribution >= 4 is 16.2 Å². The molecule has 1 aromatic heterocycles. The Morgan fingerprint density at radius 3 is 3.00 bits per heavy atom. The van der Waals surface area contributed by atoms with Gasteiger partial charge < -0.3 is 4.98 Å². The van der Waals surface area contributed by atoms with Gasteiger partial charge in [-0.2, -0.15) is 0 Å². The highest BCUT2D eigenvalue weighted by Crippen LogP contribution is 2.19. The van der Waals surface area contributed by atoms with Gasteiger partial charge >= 0.3 is 0 Å². The SMILES string of the molecule is NS(=O)(=O)c1c[nH]c2c1CCN=C2. The standard InChI is InChI=1S/C7H9N3O2S/c8-13(11,12)7-4-10-6-3-9-2-1-5(6)7/h3-4,10H,1-2H2,(H2,8,11,12). The molecule has 0 bridgehead atoms. The number of rotatable bonds is 1. The second-order valence-electron chi connectivity index (χ2n) is 2.88. The Balaban J connectivity index is 2.63. The number of H-pyrrole nitrogens is 1. The van der Waals surface area contributed by atoms with E-state index < -0.39 is 10.0 Å². The lowest BCUT2D eigenvalue weighted by atomic mass is 10.1. The van der Waals surface area contributed by atoms with Gasteiger partial charge in [0.25, 0.3) is 0 Å². The van der Waals surface area contributed by atoms with Crippen LogP contribution in [0.1, 0.15) is 11.3 Å². The molecule has 3 N–H and O–H groups in total. The molecule has 0 aliphatic carbocycles. The largest absolute Gasteiger partial charge is 0.359 e. The first-order valence-electron chi connectivity index (χ1n) is 3.82. The van der Waals surface area contributed by atoms with E-state index >= 15 is 0 Å². The van der Waals surface area contributed by atoms with Crippen molar-refractivity contribution < 1.29 is 8.42 Å². The summed E-state index contributed by atoms with van der Waals surface area (Å²) in [6.45, 7) is 0.618. The van der Waals surface area contributed by atoms with E-state index in [0.717, 1.165) is 11.3 Å². The van der Waals surface area contributed by atoms with Gasteiger partial charge in [-0.25, -0.2) is 13.6 Å². The second-order valence-corrected chi connectivity index (χ2v) is 4.41. The first-order valence-corrected chi connectivity index (χ1v) is 5.36. The molecule has 0 amide bonds. The second kappa shape index (κ2) is 2.68. The summed E-state index contributed by atoms with van der Waals surface area (Å²) in [6.07, 6.45) is 3.67. The van der Waals surface area contributed by atoms with Crippen molar-refractivity contribution in [2.75, 3.05) is 6.54 Å². The van der Waals surface area contributed by atoms with E-state index in [9.17, 15) is 8.42 Å². The van der Waals surface area contributed by atoms with Gasteiger partial charge in [-0.05, 0) is 6.42 Å². The van der Waals surface area contributed by atoms with Gasteiger partial charge in [0, 0.05) is 24.5 Å². The number of nitrogens with two attached hydrogens (primary N) is 1. The Morgan fingerprint density at radius 2 is 2.31 bits per heavy atom. The number of sulfonamides is 1. The summed E-state index contributed by atoms with van der Waals surface area (Å²) in [6, 6.07) is 0. The first kappa shape index (κ1) is 8.46. The topological polar surface area (TPSA) is 88.3 Å². The van der Waals surface area contributed by atoms with Gasteiger partial charge in [0.05, 0.1) is 5.69 Å². The van der Waals surface area contributed by atoms with Crippen LogP contribution in [-0.4, -0.2) is 26.2 Å². The number of aromatic nitrogens is 1. The van der Waals surface area contributed by atoms with Crippen LogP contribution in [0.25, 0.3) is 0 Å². The average molecular weight is 199 g/mol. The van der Waals surface area contributed by atoms with Crippen LogP contribution < -0.4 is 5.14 Å². The highest BCUT2D eigenvalue weighted by atomic mass is 32.2. The Hall–Kier alpha value is -1.14. The molecule has 13 heavy (non-hydrogen) atoms. The Labute approximate surface area is 75.7 Å². The molecule has 0 saturated carbocycles. The zero-order valence-corrected chi connectivity index (χ0v) is 7.63. The summed E-state index contributed by atoms with van der Waals surface area (Å²) in [5.41, 5.74) is 1.49. The average Bonchev–Trinajstić information content (AvgIpc) is 2.45. The predicted octanol–water partition coefficient (Wildman–Crippen LogP) is -0.363. The smallest absolute Gasteiger partial charge is 0.239 e. The molecule has 0 radical (unpaired) electrons. The lowest BCUT2D eigenvalue weighted by Gasteiger charge is -2.05. The van der Waals surface area contributed by atoms with E-state index in [1.165, 1.54) is 6.20 Å². The van der Waals surface area contributed by atoms with E-state index in [0.29, 0.717) is 13.0 Å². The summed E-state index contributed by atoms with van der Waals surface area (Å²) in [5, 5.41) is 5.03. The molecule has 0 saturated heterocycles. The van der Waals surface area contributed by atoms with Crippen molar-refractivity contribution in [3.8, 4) is 0 Å². The predicted molar refractivity (Wildman–Crippen MR) is 48.3 cm³/mol. The summed E-state index contributed by atoms with van der Waals surface area (Å²) in [5.74, 6) is 0. The lowest BCUT2D eigenvalue weighted by Crippen LogP contribution is -2.14. The van der Waals surface area contributed by atoms with Crippen LogP contribution in [0.5, 0.6) is 0 Å². The van der Waals surface area contributed by atoms with Crippen molar-refractivity contribution in [2.45, 2.75) is 11.3 Å². The minimum Gasteiger partial charge on any atom is -0.359 e. The van der Waals surface area contributed by atoms with E-state index in [-0.39, 0.29) is 4.90 Å². The summed E-state index contributed by atoms with van der Waals surface area (Å²) < 4.78 is 22.2.